The van der Waals surface area contributed by atoms with Crippen LogP contribution in [-0.4, -0.2) is 33.9 Å². The van der Waals surface area contributed by atoms with Crippen molar-refractivity contribution < 1.29 is 9.35 Å². The maximum Gasteiger partial charge on any atom is 0.239 e. The van der Waals surface area contributed by atoms with Crippen LogP contribution >= 0.6 is 0 Å². The third kappa shape index (κ3) is 3.58. The Bertz CT molecular complexity index is 708. The van der Waals surface area contributed by atoms with Gasteiger partial charge in [-0.15, -0.1) is 0 Å². The minimum Gasteiger partial charge on any atom is -0.403 e. The number of nitrogens with zero attached hydrogens (tertiary/aromatic N) is 4. The molecule has 2 atom stereocenters. The molecule has 2 rings (SSSR count). The molecular weight excluding hydrogens is 312 g/mol. The van der Waals surface area contributed by atoms with Crippen LogP contribution in [-0.2, 0) is 4.43 Å². The van der Waals surface area contributed by atoms with Crippen LogP contribution in [0.4, 0.5) is 0 Å². The number of pyridine rings is 1. The van der Waals surface area contributed by atoms with Gasteiger partial charge in [0.2, 0.25) is 6.04 Å². The van der Waals surface area contributed by atoms with Crippen LogP contribution in [0.15, 0.2) is 24.7 Å². The second-order valence-corrected chi connectivity index (χ2v) is 12.1. The predicted octanol–water partition coefficient (Wildman–Crippen LogP) is 3.46. The summed E-state index contributed by atoms with van der Waals surface area (Å²) in [6, 6.07) is 2.80. The van der Waals surface area contributed by atoms with Gasteiger partial charge in [-0.1, -0.05) is 26.8 Å². The molecule has 0 bridgehead atoms. The average Bonchev–Trinajstić information content (AvgIpc) is 2.89. The lowest BCUT2D eigenvalue weighted by atomic mass is 10.1. The molecule has 0 aliphatic rings. The van der Waals surface area contributed by atoms with E-state index in [1.54, 1.807) is 23.7 Å². The highest BCUT2D eigenvalue weighted by molar-refractivity contribution is 6.74. The first kappa shape index (κ1) is 17.5. The van der Waals surface area contributed by atoms with Gasteiger partial charge in [0.15, 0.2) is 14.0 Å². The molecule has 126 valence electrons. The number of rotatable bonds is 5. The van der Waals surface area contributed by atoms with E-state index in [2.05, 4.69) is 43.9 Å². The first-order valence-electron chi connectivity index (χ1n) is 7.63. The topological polar surface area (TPSA) is 82.6 Å². The van der Waals surface area contributed by atoms with Crippen molar-refractivity contribution in [3.05, 3.63) is 40.3 Å². The SMILES string of the molecule is C[C@H]([C@@H](O[Si](C)(C)C(C)(C)C)c1ccc2ncnn2c1)[N+](=O)[O-]. The van der Waals surface area contributed by atoms with Crippen molar-refractivity contribution in [2.24, 2.45) is 0 Å². The number of hydrogen-bond acceptors (Lipinski definition) is 5. The maximum atomic E-state index is 11.4. The molecule has 0 aromatic carbocycles. The van der Waals surface area contributed by atoms with Crippen LogP contribution in [0.25, 0.3) is 5.65 Å². The van der Waals surface area contributed by atoms with E-state index in [1.807, 2.05) is 6.07 Å². The van der Waals surface area contributed by atoms with E-state index in [4.69, 9.17) is 4.43 Å². The van der Waals surface area contributed by atoms with E-state index >= 15 is 0 Å². The second-order valence-electron chi connectivity index (χ2n) is 7.35. The Balaban J connectivity index is 2.43. The molecular formula is C15H24N4O3Si. The maximum absolute atomic E-state index is 11.4. The summed E-state index contributed by atoms with van der Waals surface area (Å²) in [5, 5.41) is 15.4. The quantitative estimate of drug-likeness (QED) is 0.474. The zero-order valence-corrected chi connectivity index (χ0v) is 15.5. The van der Waals surface area contributed by atoms with Gasteiger partial charge in [0.1, 0.15) is 12.4 Å². The molecule has 0 fully saturated rings. The van der Waals surface area contributed by atoms with Gasteiger partial charge < -0.3 is 4.43 Å². The molecule has 0 saturated heterocycles. The molecule has 0 aliphatic heterocycles. The number of fused-ring (bicyclic) bond motifs is 1. The normalized spacial score (nSPS) is 15.6. The molecule has 7 nitrogen and oxygen atoms in total. The predicted molar refractivity (Wildman–Crippen MR) is 90.5 cm³/mol. The minimum atomic E-state index is -2.16. The highest BCUT2D eigenvalue weighted by Crippen LogP contribution is 2.40. The van der Waals surface area contributed by atoms with Crippen LogP contribution in [0.2, 0.25) is 18.1 Å². The highest BCUT2D eigenvalue weighted by Gasteiger charge is 2.43. The molecule has 2 aromatic heterocycles. The molecule has 2 aromatic rings. The molecule has 2 heterocycles. The van der Waals surface area contributed by atoms with Gasteiger partial charge >= 0.3 is 0 Å². The lowest BCUT2D eigenvalue weighted by Gasteiger charge is -2.39. The van der Waals surface area contributed by atoms with Crippen molar-refractivity contribution in [3.8, 4) is 0 Å². The molecule has 0 radical (unpaired) electrons. The summed E-state index contributed by atoms with van der Waals surface area (Å²) in [5.41, 5.74) is 1.45. The Labute approximate surface area is 137 Å². The zero-order chi connectivity index (χ0) is 17.4. The molecule has 23 heavy (non-hydrogen) atoms. The summed E-state index contributed by atoms with van der Waals surface area (Å²) in [7, 11) is -2.16. The molecule has 0 amide bonds. The zero-order valence-electron chi connectivity index (χ0n) is 14.5. The van der Waals surface area contributed by atoms with E-state index in [1.165, 1.54) is 6.33 Å². The van der Waals surface area contributed by atoms with E-state index < -0.39 is 20.5 Å². The van der Waals surface area contributed by atoms with Crippen LogP contribution in [0, 0.1) is 10.1 Å². The first-order chi connectivity index (χ1) is 10.5. The Morgan fingerprint density at radius 1 is 1.35 bits per heavy atom. The van der Waals surface area contributed by atoms with Crippen LogP contribution in [0.1, 0.15) is 39.4 Å². The van der Waals surface area contributed by atoms with Crippen molar-refractivity contribution in [3.63, 3.8) is 0 Å². The van der Waals surface area contributed by atoms with Gasteiger partial charge in [0, 0.05) is 23.6 Å². The third-order valence-corrected chi connectivity index (χ3v) is 9.08. The molecule has 0 saturated carbocycles. The molecule has 0 N–H and O–H groups in total. The average molecular weight is 336 g/mol. The van der Waals surface area contributed by atoms with Gasteiger partial charge in [-0.2, -0.15) is 5.10 Å². The second kappa shape index (κ2) is 6.01. The smallest absolute Gasteiger partial charge is 0.239 e. The van der Waals surface area contributed by atoms with Gasteiger partial charge in [-0.05, 0) is 24.2 Å². The Hall–Kier alpha value is -1.80. The Morgan fingerprint density at radius 3 is 2.57 bits per heavy atom. The van der Waals surface area contributed by atoms with Crippen molar-refractivity contribution in [2.75, 3.05) is 0 Å². The van der Waals surface area contributed by atoms with Crippen molar-refractivity contribution in [1.29, 1.82) is 0 Å². The summed E-state index contributed by atoms with van der Waals surface area (Å²) in [5.74, 6) is 0. The van der Waals surface area contributed by atoms with E-state index in [-0.39, 0.29) is 9.96 Å². The van der Waals surface area contributed by atoms with Gasteiger partial charge in [-0.25, -0.2) is 9.50 Å². The lowest BCUT2D eigenvalue weighted by molar-refractivity contribution is -0.530. The highest BCUT2D eigenvalue weighted by atomic mass is 28.4. The number of nitro groups is 1. The lowest BCUT2D eigenvalue weighted by Crippen LogP contribution is -2.44. The first-order valence-corrected chi connectivity index (χ1v) is 10.5. The molecule has 0 spiro atoms. The van der Waals surface area contributed by atoms with E-state index in [0.717, 1.165) is 5.56 Å². The summed E-state index contributed by atoms with van der Waals surface area (Å²) in [4.78, 5) is 15.2. The van der Waals surface area contributed by atoms with Crippen LogP contribution in [0.5, 0.6) is 0 Å². The number of aromatic nitrogens is 3. The Kier molecular flexibility index (Phi) is 4.58. The van der Waals surface area contributed by atoms with Crippen molar-refractivity contribution in [1.82, 2.24) is 14.6 Å². The summed E-state index contributed by atoms with van der Waals surface area (Å²) >= 11 is 0. The molecule has 8 heteroatoms. The van der Waals surface area contributed by atoms with E-state index in [0.29, 0.717) is 5.65 Å². The molecule has 0 aliphatic carbocycles. The Morgan fingerprint density at radius 2 is 2.00 bits per heavy atom. The van der Waals surface area contributed by atoms with Gasteiger partial charge in [0.05, 0.1) is 0 Å². The summed E-state index contributed by atoms with van der Waals surface area (Å²) in [6.07, 6.45) is 2.61. The fourth-order valence-electron chi connectivity index (χ4n) is 2.05. The third-order valence-electron chi connectivity index (χ3n) is 4.62. The number of hydrogen-bond donors (Lipinski definition) is 0. The van der Waals surface area contributed by atoms with Gasteiger partial charge in [0.25, 0.3) is 0 Å². The summed E-state index contributed by atoms with van der Waals surface area (Å²) < 4.78 is 7.99. The van der Waals surface area contributed by atoms with Crippen molar-refractivity contribution >= 4 is 14.0 Å². The monoisotopic (exact) mass is 336 g/mol. The largest absolute Gasteiger partial charge is 0.403 e. The molecule has 0 unspecified atom stereocenters. The fourth-order valence-corrected chi connectivity index (χ4v) is 3.37. The van der Waals surface area contributed by atoms with Crippen LogP contribution in [0.3, 0.4) is 0 Å². The summed E-state index contributed by atoms with van der Waals surface area (Å²) in [6.45, 7) is 12.1. The standard InChI is InChI=1S/C15H24N4O3Si/c1-11(19(20)21)14(22-23(5,6)15(2,3)4)12-7-8-13-16-10-17-18(13)9-12/h7-11,14H,1-6H3/t11-,14-/m1/s1. The van der Waals surface area contributed by atoms with Gasteiger partial charge in [-0.3, -0.25) is 10.1 Å². The van der Waals surface area contributed by atoms with E-state index in [9.17, 15) is 10.1 Å². The minimum absolute atomic E-state index is 0.0288. The van der Waals surface area contributed by atoms with Crippen LogP contribution < -0.4 is 0 Å². The fraction of sp³-hybridized carbons (Fsp3) is 0.600. The van der Waals surface area contributed by atoms with Crippen molar-refractivity contribution in [2.45, 2.75) is 58.0 Å².